The highest BCUT2D eigenvalue weighted by atomic mass is 16.3. The molecule has 4 rings (SSSR count). The first-order valence-electron chi connectivity index (χ1n) is 7.51. The minimum Gasteiger partial charge on any atom is -0.504 e. The lowest BCUT2D eigenvalue weighted by molar-refractivity contribution is 0.380. The maximum Gasteiger partial charge on any atom is 0.157 e. The minimum atomic E-state index is -0.0193. The van der Waals surface area contributed by atoms with Crippen LogP contribution in [-0.2, 0) is 13.0 Å². The van der Waals surface area contributed by atoms with Crippen molar-refractivity contribution in [1.82, 2.24) is 5.32 Å². The molecule has 0 aromatic heterocycles. The second-order valence-corrected chi connectivity index (χ2v) is 6.25. The summed E-state index contributed by atoms with van der Waals surface area (Å²) in [7, 11) is 0. The Bertz CT molecular complexity index is 723. The fraction of sp³-hybridized carbons (Fsp3) is 0.333. The first-order chi connectivity index (χ1) is 10.1. The van der Waals surface area contributed by atoms with Gasteiger partial charge in [-0.3, -0.25) is 0 Å². The van der Waals surface area contributed by atoms with Crippen LogP contribution in [0.25, 0.3) is 0 Å². The van der Waals surface area contributed by atoms with Crippen molar-refractivity contribution in [3.05, 3.63) is 58.1 Å². The van der Waals surface area contributed by atoms with Gasteiger partial charge >= 0.3 is 0 Å². The number of hydrogen-bond acceptors (Lipinski definition) is 3. The molecule has 2 aromatic rings. The van der Waals surface area contributed by atoms with Crippen molar-refractivity contribution in [2.45, 2.75) is 38.3 Å². The summed E-state index contributed by atoms with van der Waals surface area (Å²) in [5.74, 6) is 0.235. The van der Waals surface area contributed by atoms with E-state index in [0.717, 1.165) is 30.5 Å². The van der Waals surface area contributed by atoms with E-state index in [0.29, 0.717) is 6.04 Å². The maximum absolute atomic E-state index is 9.90. The molecule has 0 saturated heterocycles. The minimum absolute atomic E-state index is 0.0135. The molecule has 0 bridgehead atoms. The smallest absolute Gasteiger partial charge is 0.157 e. The molecule has 2 aromatic carbocycles. The largest absolute Gasteiger partial charge is 0.504 e. The van der Waals surface area contributed by atoms with Crippen LogP contribution in [0.2, 0.25) is 0 Å². The highest BCUT2D eigenvalue weighted by molar-refractivity contribution is 5.53. The molecule has 2 atom stereocenters. The van der Waals surface area contributed by atoms with Gasteiger partial charge in [-0.05, 0) is 54.2 Å². The summed E-state index contributed by atoms with van der Waals surface area (Å²) in [4.78, 5) is 0. The van der Waals surface area contributed by atoms with Gasteiger partial charge in [0.1, 0.15) is 0 Å². The van der Waals surface area contributed by atoms with E-state index in [1.54, 1.807) is 12.1 Å². The van der Waals surface area contributed by atoms with Gasteiger partial charge in [0.05, 0.1) is 0 Å². The van der Waals surface area contributed by atoms with Gasteiger partial charge in [0, 0.05) is 18.5 Å². The number of aryl methyl sites for hydroxylation is 2. The molecule has 1 aliphatic heterocycles. The average molecular weight is 281 g/mol. The van der Waals surface area contributed by atoms with Crippen molar-refractivity contribution in [3.63, 3.8) is 0 Å². The van der Waals surface area contributed by atoms with Gasteiger partial charge < -0.3 is 15.5 Å². The van der Waals surface area contributed by atoms with Gasteiger partial charge in [-0.15, -0.1) is 0 Å². The summed E-state index contributed by atoms with van der Waals surface area (Å²) in [6.07, 6.45) is 2.01. The van der Waals surface area contributed by atoms with Crippen LogP contribution in [-0.4, -0.2) is 16.3 Å². The number of phenols is 2. The fourth-order valence-corrected chi connectivity index (χ4v) is 3.85. The zero-order valence-electron chi connectivity index (χ0n) is 12.1. The molecule has 108 valence electrons. The quantitative estimate of drug-likeness (QED) is 0.651. The molecule has 2 aliphatic rings. The Hall–Kier alpha value is -2.00. The standard InChI is InChI=1S/C18H19NO2/c1-10-2-3-12-9-19-15-5-4-11-7-16(20)17(21)8-14(11)18(15)13(12)6-10/h2-3,6-8,15,18-21H,4-5,9H2,1H3/t15-,18-/m1/s1. The lowest BCUT2D eigenvalue weighted by Gasteiger charge is -2.39. The van der Waals surface area contributed by atoms with Gasteiger partial charge in [0.15, 0.2) is 11.5 Å². The number of rotatable bonds is 0. The molecule has 1 aliphatic carbocycles. The fourth-order valence-electron chi connectivity index (χ4n) is 3.85. The van der Waals surface area contributed by atoms with E-state index < -0.39 is 0 Å². The molecule has 3 N–H and O–H groups in total. The van der Waals surface area contributed by atoms with E-state index in [1.807, 2.05) is 0 Å². The molecule has 21 heavy (non-hydrogen) atoms. The van der Waals surface area contributed by atoms with Crippen LogP contribution in [0.3, 0.4) is 0 Å². The van der Waals surface area contributed by atoms with Crippen molar-refractivity contribution < 1.29 is 10.2 Å². The third-order valence-corrected chi connectivity index (χ3v) is 4.89. The molecule has 0 unspecified atom stereocenters. The lowest BCUT2D eigenvalue weighted by Crippen LogP contribution is -2.42. The van der Waals surface area contributed by atoms with Crippen LogP contribution in [0.15, 0.2) is 30.3 Å². The molecule has 0 spiro atoms. The average Bonchev–Trinajstić information content (AvgIpc) is 2.48. The molecular weight excluding hydrogens is 262 g/mol. The normalized spacial score (nSPS) is 23.1. The Labute approximate surface area is 124 Å². The first kappa shape index (κ1) is 12.7. The van der Waals surface area contributed by atoms with Crippen molar-refractivity contribution >= 4 is 0 Å². The Balaban J connectivity index is 1.92. The number of phenolic OH excluding ortho intramolecular Hbond substituents is 2. The van der Waals surface area contributed by atoms with E-state index >= 15 is 0 Å². The van der Waals surface area contributed by atoms with Gasteiger partial charge in [-0.2, -0.15) is 0 Å². The molecule has 0 amide bonds. The third-order valence-electron chi connectivity index (χ3n) is 4.89. The monoisotopic (exact) mass is 281 g/mol. The van der Waals surface area contributed by atoms with Crippen LogP contribution < -0.4 is 5.32 Å². The highest BCUT2D eigenvalue weighted by Gasteiger charge is 2.35. The molecule has 0 fully saturated rings. The van der Waals surface area contributed by atoms with Crippen molar-refractivity contribution in [3.8, 4) is 11.5 Å². The molecule has 3 nitrogen and oxygen atoms in total. The van der Waals surface area contributed by atoms with E-state index in [1.165, 1.54) is 16.7 Å². The summed E-state index contributed by atoms with van der Waals surface area (Å²) in [5, 5.41) is 23.3. The topological polar surface area (TPSA) is 52.5 Å². The Morgan fingerprint density at radius 3 is 2.62 bits per heavy atom. The number of hydrogen-bond donors (Lipinski definition) is 3. The molecular formula is C18H19NO2. The zero-order valence-corrected chi connectivity index (χ0v) is 12.1. The summed E-state index contributed by atoms with van der Waals surface area (Å²) >= 11 is 0. The Morgan fingerprint density at radius 1 is 1.00 bits per heavy atom. The summed E-state index contributed by atoms with van der Waals surface area (Å²) < 4.78 is 0. The van der Waals surface area contributed by atoms with Crippen molar-refractivity contribution in [2.75, 3.05) is 0 Å². The molecule has 1 heterocycles. The molecule has 0 radical (unpaired) electrons. The van der Waals surface area contributed by atoms with E-state index in [9.17, 15) is 10.2 Å². The Kier molecular flexibility index (Phi) is 2.73. The van der Waals surface area contributed by atoms with Gasteiger partial charge in [0.2, 0.25) is 0 Å². The predicted octanol–water partition coefficient (Wildman–Crippen LogP) is 2.96. The second-order valence-electron chi connectivity index (χ2n) is 6.25. The van der Waals surface area contributed by atoms with Crippen LogP contribution in [0.5, 0.6) is 11.5 Å². The van der Waals surface area contributed by atoms with Crippen LogP contribution in [0.1, 0.15) is 40.2 Å². The number of benzene rings is 2. The first-order valence-corrected chi connectivity index (χ1v) is 7.51. The molecule has 3 heteroatoms. The summed E-state index contributed by atoms with van der Waals surface area (Å²) in [5.41, 5.74) is 6.28. The Morgan fingerprint density at radius 2 is 1.76 bits per heavy atom. The zero-order chi connectivity index (χ0) is 14.6. The SMILES string of the molecule is Cc1ccc2c(c1)[C@@H]1c3cc(O)c(O)cc3CC[C@H]1NC2. The van der Waals surface area contributed by atoms with Crippen LogP contribution >= 0.6 is 0 Å². The molecule has 0 saturated carbocycles. The van der Waals surface area contributed by atoms with Gasteiger partial charge in [-0.25, -0.2) is 0 Å². The van der Waals surface area contributed by atoms with E-state index in [4.69, 9.17) is 0 Å². The van der Waals surface area contributed by atoms with E-state index in [2.05, 4.69) is 30.4 Å². The predicted molar refractivity (Wildman–Crippen MR) is 81.7 cm³/mol. The van der Waals surface area contributed by atoms with Crippen molar-refractivity contribution in [1.29, 1.82) is 0 Å². The lowest BCUT2D eigenvalue weighted by atomic mass is 9.72. The maximum atomic E-state index is 9.90. The number of aromatic hydroxyl groups is 2. The number of nitrogens with one attached hydrogen (secondary N) is 1. The van der Waals surface area contributed by atoms with Crippen LogP contribution in [0.4, 0.5) is 0 Å². The second kappa shape index (κ2) is 4.50. The van der Waals surface area contributed by atoms with Gasteiger partial charge in [-0.1, -0.05) is 23.8 Å². The van der Waals surface area contributed by atoms with Gasteiger partial charge in [0.25, 0.3) is 0 Å². The third kappa shape index (κ3) is 1.92. The summed E-state index contributed by atoms with van der Waals surface area (Å²) in [6.45, 7) is 3.03. The summed E-state index contributed by atoms with van der Waals surface area (Å²) in [6, 6.07) is 10.5. The van der Waals surface area contributed by atoms with Crippen LogP contribution in [0, 0.1) is 6.92 Å². The number of fused-ring (bicyclic) bond motifs is 5. The highest BCUT2D eigenvalue weighted by Crippen LogP contribution is 2.44. The van der Waals surface area contributed by atoms with Crippen molar-refractivity contribution in [2.24, 2.45) is 0 Å². The van der Waals surface area contributed by atoms with E-state index in [-0.39, 0.29) is 17.4 Å².